The lowest BCUT2D eigenvalue weighted by atomic mass is 9.89. The number of benzene rings is 1. The lowest BCUT2D eigenvalue weighted by Crippen LogP contribution is -2.14. The van der Waals surface area contributed by atoms with E-state index in [9.17, 15) is 4.39 Å². The van der Waals surface area contributed by atoms with Crippen LogP contribution in [0.15, 0.2) is 24.5 Å². The van der Waals surface area contributed by atoms with Crippen molar-refractivity contribution in [1.82, 2.24) is 9.78 Å². The molecular weight excluding hydrogens is 265 g/mol. The second-order valence-electron chi connectivity index (χ2n) is 6.10. The van der Waals surface area contributed by atoms with Crippen molar-refractivity contribution in [3.63, 3.8) is 0 Å². The fourth-order valence-electron chi connectivity index (χ4n) is 3.16. The first-order valence-corrected chi connectivity index (χ1v) is 7.72. The standard InChI is InChI=1S/C17H22FN3/c1-12-16(19)8-7-15(17(12)18)14-9-20-21(11-14)10-13-5-3-2-4-6-13/h7-9,11,13H,2-6,10,19H2,1H3. The fourth-order valence-corrected chi connectivity index (χ4v) is 3.16. The Morgan fingerprint density at radius 2 is 2.05 bits per heavy atom. The maximum Gasteiger partial charge on any atom is 0.136 e. The van der Waals surface area contributed by atoms with Crippen LogP contribution in [-0.2, 0) is 6.54 Å². The number of nitrogen functional groups attached to an aromatic ring is 1. The molecule has 4 heteroatoms. The van der Waals surface area contributed by atoms with Crippen LogP contribution in [0.1, 0.15) is 37.7 Å². The summed E-state index contributed by atoms with van der Waals surface area (Å²) in [7, 11) is 0. The zero-order valence-corrected chi connectivity index (χ0v) is 12.5. The molecule has 1 aliphatic carbocycles. The second-order valence-corrected chi connectivity index (χ2v) is 6.10. The molecule has 0 atom stereocenters. The summed E-state index contributed by atoms with van der Waals surface area (Å²) in [6, 6.07) is 3.49. The van der Waals surface area contributed by atoms with Gasteiger partial charge in [0.1, 0.15) is 5.82 Å². The van der Waals surface area contributed by atoms with E-state index in [1.165, 1.54) is 32.1 Å². The number of hydrogen-bond donors (Lipinski definition) is 1. The van der Waals surface area contributed by atoms with Crippen molar-refractivity contribution in [3.05, 3.63) is 35.9 Å². The normalized spacial score (nSPS) is 16.3. The van der Waals surface area contributed by atoms with Crippen molar-refractivity contribution in [2.24, 2.45) is 5.92 Å². The van der Waals surface area contributed by atoms with Crippen molar-refractivity contribution in [1.29, 1.82) is 0 Å². The molecule has 0 radical (unpaired) electrons. The highest BCUT2D eigenvalue weighted by atomic mass is 19.1. The van der Waals surface area contributed by atoms with Crippen molar-refractivity contribution < 1.29 is 4.39 Å². The van der Waals surface area contributed by atoms with Crippen LogP contribution in [0.4, 0.5) is 10.1 Å². The first-order valence-electron chi connectivity index (χ1n) is 7.72. The van der Waals surface area contributed by atoms with Crippen LogP contribution in [0, 0.1) is 18.7 Å². The Morgan fingerprint density at radius 1 is 1.29 bits per heavy atom. The Balaban J connectivity index is 1.80. The average Bonchev–Trinajstić information content (AvgIpc) is 2.94. The third kappa shape index (κ3) is 2.94. The third-order valence-electron chi connectivity index (χ3n) is 4.54. The first kappa shape index (κ1) is 14.1. The minimum absolute atomic E-state index is 0.243. The van der Waals surface area contributed by atoms with Crippen LogP contribution in [0.5, 0.6) is 0 Å². The van der Waals surface area contributed by atoms with E-state index in [1.54, 1.807) is 25.3 Å². The molecule has 1 aromatic carbocycles. The molecule has 1 saturated carbocycles. The number of halogens is 1. The Hall–Kier alpha value is -1.84. The van der Waals surface area contributed by atoms with Gasteiger partial charge in [-0.05, 0) is 37.8 Å². The zero-order chi connectivity index (χ0) is 14.8. The summed E-state index contributed by atoms with van der Waals surface area (Å²) in [6.45, 7) is 2.65. The van der Waals surface area contributed by atoms with Crippen LogP contribution in [0.25, 0.3) is 11.1 Å². The summed E-state index contributed by atoms with van der Waals surface area (Å²) in [5, 5.41) is 4.40. The van der Waals surface area contributed by atoms with Crippen LogP contribution in [0.2, 0.25) is 0 Å². The van der Waals surface area contributed by atoms with Gasteiger partial charge in [0, 0.05) is 35.1 Å². The molecule has 0 amide bonds. The van der Waals surface area contributed by atoms with Gasteiger partial charge in [-0.25, -0.2) is 4.39 Å². The van der Waals surface area contributed by atoms with E-state index in [1.807, 2.05) is 10.9 Å². The Kier molecular flexibility index (Phi) is 3.95. The highest BCUT2D eigenvalue weighted by molar-refractivity contribution is 5.67. The molecule has 0 bridgehead atoms. The molecular formula is C17H22FN3. The Bertz CT molecular complexity index is 627. The fraction of sp³-hybridized carbons (Fsp3) is 0.471. The number of aromatic nitrogens is 2. The predicted octanol–water partition coefficient (Wildman–Crippen LogP) is 4.16. The topological polar surface area (TPSA) is 43.8 Å². The summed E-state index contributed by atoms with van der Waals surface area (Å²) in [6.07, 6.45) is 10.3. The molecule has 3 nitrogen and oxygen atoms in total. The molecule has 0 saturated heterocycles. The molecule has 1 aliphatic rings. The van der Waals surface area contributed by atoms with Gasteiger partial charge in [-0.15, -0.1) is 0 Å². The Labute approximate surface area is 125 Å². The number of anilines is 1. The minimum atomic E-state index is -0.243. The van der Waals surface area contributed by atoms with Crippen LogP contribution < -0.4 is 5.73 Å². The van der Waals surface area contributed by atoms with Crippen molar-refractivity contribution in [3.8, 4) is 11.1 Å². The average molecular weight is 287 g/mol. The molecule has 112 valence electrons. The molecule has 2 aromatic rings. The summed E-state index contributed by atoms with van der Waals surface area (Å²) in [4.78, 5) is 0. The predicted molar refractivity (Wildman–Crippen MR) is 83.3 cm³/mol. The summed E-state index contributed by atoms with van der Waals surface area (Å²) in [5.41, 5.74) is 8.14. The van der Waals surface area contributed by atoms with E-state index < -0.39 is 0 Å². The summed E-state index contributed by atoms with van der Waals surface area (Å²) < 4.78 is 16.3. The largest absolute Gasteiger partial charge is 0.398 e. The highest BCUT2D eigenvalue weighted by Gasteiger charge is 2.16. The smallest absolute Gasteiger partial charge is 0.136 e. The second kappa shape index (κ2) is 5.88. The van der Waals surface area contributed by atoms with E-state index in [0.29, 0.717) is 22.7 Å². The van der Waals surface area contributed by atoms with E-state index in [-0.39, 0.29) is 5.82 Å². The van der Waals surface area contributed by atoms with Gasteiger partial charge in [-0.2, -0.15) is 5.10 Å². The van der Waals surface area contributed by atoms with Crippen molar-refractivity contribution >= 4 is 5.69 Å². The van der Waals surface area contributed by atoms with Gasteiger partial charge in [-0.1, -0.05) is 19.3 Å². The SMILES string of the molecule is Cc1c(N)ccc(-c2cnn(CC3CCCCC3)c2)c1F. The first-order chi connectivity index (χ1) is 10.1. The van der Waals surface area contributed by atoms with Crippen LogP contribution in [-0.4, -0.2) is 9.78 Å². The summed E-state index contributed by atoms with van der Waals surface area (Å²) >= 11 is 0. The Morgan fingerprint density at radius 3 is 2.81 bits per heavy atom. The quantitative estimate of drug-likeness (QED) is 0.861. The molecule has 0 aliphatic heterocycles. The number of nitrogens with two attached hydrogens (primary N) is 1. The molecule has 2 N–H and O–H groups in total. The van der Waals surface area contributed by atoms with Gasteiger partial charge in [0.2, 0.25) is 0 Å². The number of rotatable bonds is 3. The van der Waals surface area contributed by atoms with Gasteiger partial charge in [0.15, 0.2) is 0 Å². The van der Waals surface area contributed by atoms with Gasteiger partial charge in [0.25, 0.3) is 0 Å². The molecule has 3 rings (SSSR count). The zero-order valence-electron chi connectivity index (χ0n) is 12.5. The monoisotopic (exact) mass is 287 g/mol. The highest BCUT2D eigenvalue weighted by Crippen LogP contribution is 2.29. The number of nitrogens with zero attached hydrogens (tertiary/aromatic N) is 2. The minimum Gasteiger partial charge on any atom is -0.398 e. The maximum atomic E-state index is 14.3. The van der Waals surface area contributed by atoms with Crippen LogP contribution in [0.3, 0.4) is 0 Å². The van der Waals surface area contributed by atoms with Gasteiger partial charge in [0.05, 0.1) is 6.20 Å². The van der Waals surface area contributed by atoms with Gasteiger partial charge in [-0.3, -0.25) is 4.68 Å². The van der Waals surface area contributed by atoms with E-state index in [4.69, 9.17) is 5.73 Å². The van der Waals surface area contributed by atoms with Crippen molar-refractivity contribution in [2.45, 2.75) is 45.6 Å². The van der Waals surface area contributed by atoms with E-state index in [2.05, 4.69) is 5.10 Å². The molecule has 1 aromatic heterocycles. The molecule has 21 heavy (non-hydrogen) atoms. The maximum absolute atomic E-state index is 14.3. The lowest BCUT2D eigenvalue weighted by Gasteiger charge is -2.21. The van der Waals surface area contributed by atoms with E-state index in [0.717, 1.165) is 12.1 Å². The third-order valence-corrected chi connectivity index (χ3v) is 4.54. The van der Waals surface area contributed by atoms with Crippen molar-refractivity contribution in [2.75, 3.05) is 5.73 Å². The molecule has 0 spiro atoms. The number of hydrogen-bond acceptors (Lipinski definition) is 2. The van der Waals surface area contributed by atoms with Gasteiger partial charge < -0.3 is 5.73 Å². The molecule has 1 heterocycles. The van der Waals surface area contributed by atoms with E-state index >= 15 is 0 Å². The van der Waals surface area contributed by atoms with Gasteiger partial charge >= 0.3 is 0 Å². The summed E-state index contributed by atoms with van der Waals surface area (Å²) in [5.74, 6) is 0.469. The molecule has 1 fully saturated rings. The lowest BCUT2D eigenvalue weighted by molar-refractivity contribution is 0.308. The molecule has 0 unspecified atom stereocenters. The van der Waals surface area contributed by atoms with Crippen LogP contribution >= 0.6 is 0 Å².